The summed E-state index contributed by atoms with van der Waals surface area (Å²) in [6.07, 6.45) is -1.70. The van der Waals surface area contributed by atoms with Crippen molar-refractivity contribution in [2.24, 2.45) is 5.92 Å². The molecule has 1 saturated carbocycles. The van der Waals surface area contributed by atoms with E-state index < -0.39 is 17.6 Å². The Morgan fingerprint density at radius 1 is 1.60 bits per heavy atom. The summed E-state index contributed by atoms with van der Waals surface area (Å²) in [6.45, 7) is 5.44. The predicted molar refractivity (Wildman–Crippen MR) is 50.1 cm³/mol. The molecule has 86 valence electrons. The number of hydrogen-bond acceptors (Lipinski definition) is 1. The van der Waals surface area contributed by atoms with Gasteiger partial charge in [0.15, 0.2) is 0 Å². The fourth-order valence-corrected chi connectivity index (χ4v) is 2.18. The van der Waals surface area contributed by atoms with E-state index in [9.17, 15) is 18.0 Å². The molecule has 2 nitrogen and oxygen atoms in total. The van der Waals surface area contributed by atoms with Crippen LogP contribution in [0.5, 0.6) is 0 Å². The molecule has 0 atom stereocenters. The van der Waals surface area contributed by atoms with Gasteiger partial charge in [0.25, 0.3) is 0 Å². The maximum atomic E-state index is 12.0. The van der Waals surface area contributed by atoms with Gasteiger partial charge in [0.1, 0.15) is 0 Å². The minimum Gasteiger partial charge on any atom is -0.343 e. The largest absolute Gasteiger partial charge is 0.471 e. The summed E-state index contributed by atoms with van der Waals surface area (Å²) in [4.78, 5) is 10.8. The highest BCUT2D eigenvalue weighted by molar-refractivity contribution is 5.82. The van der Waals surface area contributed by atoms with Gasteiger partial charge in [-0.25, -0.2) is 0 Å². The maximum Gasteiger partial charge on any atom is 0.471 e. The van der Waals surface area contributed by atoms with Crippen LogP contribution in [0.4, 0.5) is 13.2 Å². The summed E-state index contributed by atoms with van der Waals surface area (Å²) in [5.41, 5.74) is -0.715. The monoisotopic (exact) mass is 221 g/mol. The van der Waals surface area contributed by atoms with Crippen molar-refractivity contribution in [3.05, 3.63) is 12.7 Å². The smallest absolute Gasteiger partial charge is 0.343 e. The van der Waals surface area contributed by atoms with Crippen LogP contribution in [-0.4, -0.2) is 17.6 Å². The van der Waals surface area contributed by atoms with Crippen LogP contribution in [0, 0.1) is 5.92 Å². The van der Waals surface area contributed by atoms with Crippen LogP contribution in [0.25, 0.3) is 0 Å². The SMILES string of the molecule is C=CCC1(NC(=O)C(F)(F)F)CC(C)C1. The second-order valence-corrected chi connectivity index (χ2v) is 4.24. The van der Waals surface area contributed by atoms with E-state index in [0.717, 1.165) is 0 Å². The third kappa shape index (κ3) is 2.73. The number of carbonyl (C=O) groups is 1. The molecule has 0 spiro atoms. The Hall–Kier alpha value is -1.00. The lowest BCUT2D eigenvalue weighted by Crippen LogP contribution is -2.59. The Morgan fingerprint density at radius 3 is 2.47 bits per heavy atom. The van der Waals surface area contributed by atoms with Crippen molar-refractivity contribution in [1.82, 2.24) is 5.32 Å². The summed E-state index contributed by atoms with van der Waals surface area (Å²) < 4.78 is 36.1. The fraction of sp³-hybridized carbons (Fsp3) is 0.700. The molecule has 0 radical (unpaired) electrons. The molecule has 1 fully saturated rings. The molecule has 1 amide bonds. The summed E-state index contributed by atoms with van der Waals surface area (Å²) in [5.74, 6) is -1.49. The van der Waals surface area contributed by atoms with E-state index in [-0.39, 0.29) is 0 Å². The lowest BCUT2D eigenvalue weighted by molar-refractivity contribution is -0.177. The molecule has 0 unspecified atom stereocenters. The Bertz CT molecular complexity index is 266. The third-order valence-corrected chi connectivity index (χ3v) is 2.65. The van der Waals surface area contributed by atoms with Crippen LogP contribution in [-0.2, 0) is 4.79 Å². The second-order valence-electron chi connectivity index (χ2n) is 4.24. The van der Waals surface area contributed by atoms with E-state index in [1.54, 1.807) is 6.08 Å². The van der Waals surface area contributed by atoms with Crippen LogP contribution >= 0.6 is 0 Å². The average molecular weight is 221 g/mol. The summed E-state index contributed by atoms with van der Waals surface area (Å²) >= 11 is 0. The van der Waals surface area contributed by atoms with Gasteiger partial charge in [-0.3, -0.25) is 4.79 Å². The van der Waals surface area contributed by atoms with E-state index in [2.05, 4.69) is 11.9 Å². The molecule has 0 aromatic rings. The van der Waals surface area contributed by atoms with Crippen LogP contribution in [0.3, 0.4) is 0 Å². The third-order valence-electron chi connectivity index (χ3n) is 2.65. The Balaban J connectivity index is 2.61. The Labute approximate surface area is 86.5 Å². The van der Waals surface area contributed by atoms with Gasteiger partial charge in [0.05, 0.1) is 0 Å². The van der Waals surface area contributed by atoms with Crippen molar-refractivity contribution >= 4 is 5.91 Å². The van der Waals surface area contributed by atoms with Gasteiger partial charge in [0, 0.05) is 5.54 Å². The molecule has 0 heterocycles. The van der Waals surface area contributed by atoms with Gasteiger partial charge in [-0.05, 0) is 25.2 Å². The minimum atomic E-state index is -4.80. The first-order valence-corrected chi connectivity index (χ1v) is 4.79. The molecule has 1 rings (SSSR count). The van der Waals surface area contributed by atoms with Crippen LogP contribution in [0.2, 0.25) is 0 Å². The van der Waals surface area contributed by atoms with Crippen molar-refractivity contribution < 1.29 is 18.0 Å². The van der Waals surface area contributed by atoms with Gasteiger partial charge in [0.2, 0.25) is 0 Å². The van der Waals surface area contributed by atoms with E-state index >= 15 is 0 Å². The van der Waals surface area contributed by atoms with Crippen LogP contribution in [0.1, 0.15) is 26.2 Å². The highest BCUT2D eigenvalue weighted by Crippen LogP contribution is 2.40. The topological polar surface area (TPSA) is 29.1 Å². The highest BCUT2D eigenvalue weighted by atomic mass is 19.4. The molecule has 0 saturated heterocycles. The number of hydrogen-bond donors (Lipinski definition) is 1. The Morgan fingerprint density at radius 2 is 2.13 bits per heavy atom. The predicted octanol–water partition coefficient (Wildman–Crippen LogP) is 2.41. The number of amides is 1. The maximum absolute atomic E-state index is 12.0. The normalized spacial score (nSPS) is 30.5. The van der Waals surface area contributed by atoms with Gasteiger partial charge >= 0.3 is 12.1 Å². The average Bonchev–Trinajstić information content (AvgIpc) is 2.00. The second kappa shape index (κ2) is 3.87. The van der Waals surface area contributed by atoms with Crippen molar-refractivity contribution in [3.8, 4) is 0 Å². The van der Waals surface area contributed by atoms with Crippen molar-refractivity contribution in [2.45, 2.75) is 37.9 Å². The molecule has 0 aliphatic heterocycles. The van der Waals surface area contributed by atoms with E-state index in [1.807, 2.05) is 6.92 Å². The first-order valence-electron chi connectivity index (χ1n) is 4.79. The van der Waals surface area contributed by atoms with Crippen LogP contribution < -0.4 is 5.32 Å². The van der Waals surface area contributed by atoms with E-state index in [0.29, 0.717) is 25.2 Å². The van der Waals surface area contributed by atoms with Crippen molar-refractivity contribution in [3.63, 3.8) is 0 Å². The Kier molecular flexibility index (Phi) is 3.11. The first kappa shape index (κ1) is 12.1. The lowest BCUT2D eigenvalue weighted by Gasteiger charge is -2.46. The molecule has 0 aromatic carbocycles. The minimum absolute atomic E-state index is 0.360. The molecule has 0 aromatic heterocycles. The summed E-state index contributed by atoms with van der Waals surface area (Å²) in [6, 6.07) is 0. The van der Waals surface area contributed by atoms with Gasteiger partial charge in [-0.2, -0.15) is 13.2 Å². The zero-order valence-electron chi connectivity index (χ0n) is 8.53. The quantitative estimate of drug-likeness (QED) is 0.728. The van der Waals surface area contributed by atoms with E-state index in [1.165, 1.54) is 0 Å². The van der Waals surface area contributed by atoms with E-state index in [4.69, 9.17) is 0 Å². The molecule has 5 heteroatoms. The molecule has 15 heavy (non-hydrogen) atoms. The summed E-state index contributed by atoms with van der Waals surface area (Å²) in [7, 11) is 0. The highest BCUT2D eigenvalue weighted by Gasteiger charge is 2.48. The molecule has 1 N–H and O–H groups in total. The fourth-order valence-electron chi connectivity index (χ4n) is 2.18. The zero-order chi connectivity index (χ0) is 11.7. The van der Waals surface area contributed by atoms with Gasteiger partial charge < -0.3 is 5.32 Å². The number of carbonyl (C=O) groups excluding carboxylic acids is 1. The molecule has 1 aliphatic rings. The standard InChI is InChI=1S/C10H14F3NO/c1-3-4-9(5-7(2)6-9)14-8(15)10(11,12)13/h3,7H,1,4-6H2,2H3,(H,14,15). The number of nitrogens with one attached hydrogen (secondary N) is 1. The van der Waals surface area contributed by atoms with Gasteiger partial charge in [-0.1, -0.05) is 13.0 Å². The van der Waals surface area contributed by atoms with Crippen molar-refractivity contribution in [1.29, 1.82) is 0 Å². The number of alkyl halides is 3. The number of halogens is 3. The molecule has 1 aliphatic carbocycles. The molecule has 0 bridgehead atoms. The summed E-state index contributed by atoms with van der Waals surface area (Å²) in [5, 5.41) is 2.07. The lowest BCUT2D eigenvalue weighted by atomic mass is 9.67. The van der Waals surface area contributed by atoms with Crippen molar-refractivity contribution in [2.75, 3.05) is 0 Å². The first-order chi connectivity index (χ1) is 6.79. The molecular formula is C10H14F3NO. The van der Waals surface area contributed by atoms with Gasteiger partial charge in [-0.15, -0.1) is 6.58 Å². The van der Waals surface area contributed by atoms with Crippen LogP contribution in [0.15, 0.2) is 12.7 Å². The zero-order valence-corrected chi connectivity index (χ0v) is 8.53. The number of rotatable bonds is 3. The molecular weight excluding hydrogens is 207 g/mol.